The number of halogens is 2. The molecule has 2 atom stereocenters. The Hall–Kier alpha value is -1.21. The third kappa shape index (κ3) is 3.63. The SMILES string of the molecule is O=C(CN1CC(O)C(O)C1)Nc1ccc(Cl)cc1F. The predicted octanol–water partition coefficient (Wildman–Crippen LogP) is 0.455. The first-order valence-corrected chi connectivity index (χ1v) is 6.17. The highest BCUT2D eigenvalue weighted by molar-refractivity contribution is 6.30. The zero-order chi connectivity index (χ0) is 14.0. The van der Waals surface area contributed by atoms with Gasteiger partial charge in [0.15, 0.2) is 0 Å². The van der Waals surface area contributed by atoms with E-state index in [1.165, 1.54) is 12.1 Å². The van der Waals surface area contributed by atoms with Crippen molar-refractivity contribution in [3.8, 4) is 0 Å². The van der Waals surface area contributed by atoms with Crippen LogP contribution in [0, 0.1) is 5.82 Å². The zero-order valence-corrected chi connectivity index (χ0v) is 10.8. The fraction of sp³-hybridized carbons (Fsp3) is 0.417. The van der Waals surface area contributed by atoms with Gasteiger partial charge in [-0.05, 0) is 18.2 Å². The number of hydrogen-bond acceptors (Lipinski definition) is 4. The number of aliphatic hydroxyl groups is 2. The van der Waals surface area contributed by atoms with Gasteiger partial charge in [-0.1, -0.05) is 11.6 Å². The van der Waals surface area contributed by atoms with Crippen LogP contribution in [0.25, 0.3) is 0 Å². The lowest BCUT2D eigenvalue weighted by Crippen LogP contribution is -2.32. The third-order valence-corrected chi connectivity index (χ3v) is 3.14. The molecule has 1 amide bonds. The molecule has 0 aliphatic carbocycles. The number of nitrogens with one attached hydrogen (secondary N) is 1. The molecule has 0 aromatic heterocycles. The number of hydrogen-bond donors (Lipinski definition) is 3. The number of nitrogens with zero attached hydrogens (tertiary/aromatic N) is 1. The van der Waals surface area contributed by atoms with Crippen LogP contribution in [0.15, 0.2) is 18.2 Å². The molecule has 1 heterocycles. The highest BCUT2D eigenvalue weighted by Crippen LogP contribution is 2.19. The van der Waals surface area contributed by atoms with Gasteiger partial charge >= 0.3 is 0 Å². The summed E-state index contributed by atoms with van der Waals surface area (Å²) < 4.78 is 13.5. The second-order valence-corrected chi connectivity index (χ2v) is 4.94. The summed E-state index contributed by atoms with van der Waals surface area (Å²) in [4.78, 5) is 13.3. The van der Waals surface area contributed by atoms with Crippen molar-refractivity contribution in [2.75, 3.05) is 25.0 Å². The minimum atomic E-state index is -0.847. The summed E-state index contributed by atoms with van der Waals surface area (Å²) in [6.45, 7) is 0.422. The molecule has 1 fully saturated rings. The van der Waals surface area contributed by atoms with E-state index >= 15 is 0 Å². The molecule has 5 nitrogen and oxygen atoms in total. The van der Waals surface area contributed by atoms with Crippen LogP contribution in [-0.2, 0) is 4.79 Å². The number of benzene rings is 1. The number of β-amino-alcohol motifs (C(OH)–C–C–N with tert-alkyl or cyclic N) is 2. The van der Waals surface area contributed by atoms with Gasteiger partial charge in [-0.25, -0.2) is 4.39 Å². The van der Waals surface area contributed by atoms with Gasteiger partial charge in [0, 0.05) is 18.1 Å². The van der Waals surface area contributed by atoms with Crippen LogP contribution in [-0.4, -0.2) is 52.9 Å². The first-order valence-electron chi connectivity index (χ1n) is 5.79. The molecule has 0 bridgehead atoms. The van der Waals surface area contributed by atoms with Crippen molar-refractivity contribution in [2.45, 2.75) is 12.2 Å². The number of carbonyl (C=O) groups is 1. The summed E-state index contributed by atoms with van der Waals surface area (Å²) in [6.07, 6.45) is -1.69. The molecule has 1 aromatic carbocycles. The minimum Gasteiger partial charge on any atom is -0.389 e. The van der Waals surface area contributed by atoms with Crippen LogP contribution < -0.4 is 5.32 Å². The van der Waals surface area contributed by atoms with Crippen LogP contribution in [0.2, 0.25) is 5.02 Å². The smallest absolute Gasteiger partial charge is 0.238 e. The highest BCUT2D eigenvalue weighted by Gasteiger charge is 2.30. The maximum absolute atomic E-state index is 13.5. The van der Waals surface area contributed by atoms with E-state index in [1.54, 1.807) is 4.90 Å². The normalized spacial score (nSPS) is 23.6. The van der Waals surface area contributed by atoms with Crippen LogP contribution in [0.4, 0.5) is 10.1 Å². The monoisotopic (exact) mass is 288 g/mol. The fourth-order valence-electron chi connectivity index (χ4n) is 1.96. The largest absolute Gasteiger partial charge is 0.389 e. The standard InChI is InChI=1S/C12H14ClFN2O3/c13-7-1-2-9(8(14)3-7)15-12(19)6-16-4-10(17)11(18)5-16/h1-3,10-11,17-18H,4-6H2,(H,15,19). The summed E-state index contributed by atoms with van der Waals surface area (Å²) in [5.41, 5.74) is 0.0506. The van der Waals surface area contributed by atoms with Gasteiger partial charge in [0.1, 0.15) is 5.82 Å². The van der Waals surface area contributed by atoms with E-state index in [4.69, 9.17) is 11.6 Å². The van der Waals surface area contributed by atoms with E-state index in [-0.39, 0.29) is 30.3 Å². The first kappa shape index (κ1) is 14.2. The van der Waals surface area contributed by atoms with E-state index in [0.717, 1.165) is 6.07 Å². The molecule has 2 rings (SSSR count). The van der Waals surface area contributed by atoms with Crippen molar-refractivity contribution in [1.82, 2.24) is 4.90 Å². The molecule has 7 heteroatoms. The molecule has 104 valence electrons. The van der Waals surface area contributed by atoms with E-state index in [2.05, 4.69) is 5.32 Å². The van der Waals surface area contributed by atoms with Gasteiger partial charge in [0.05, 0.1) is 24.4 Å². The molecule has 1 aromatic rings. The van der Waals surface area contributed by atoms with Crippen molar-refractivity contribution in [3.05, 3.63) is 29.0 Å². The van der Waals surface area contributed by atoms with Gasteiger partial charge in [0.2, 0.25) is 5.91 Å². The number of likely N-dealkylation sites (tertiary alicyclic amines) is 1. The topological polar surface area (TPSA) is 72.8 Å². The van der Waals surface area contributed by atoms with Gasteiger partial charge < -0.3 is 15.5 Å². The average molecular weight is 289 g/mol. The maximum Gasteiger partial charge on any atom is 0.238 e. The van der Waals surface area contributed by atoms with Crippen LogP contribution in [0.5, 0.6) is 0 Å². The molecule has 0 radical (unpaired) electrons. The second-order valence-electron chi connectivity index (χ2n) is 4.50. The van der Waals surface area contributed by atoms with Crippen LogP contribution in [0.3, 0.4) is 0 Å². The number of anilines is 1. The highest BCUT2D eigenvalue weighted by atomic mass is 35.5. The molecule has 3 N–H and O–H groups in total. The molecular weight excluding hydrogens is 275 g/mol. The number of aliphatic hydroxyl groups excluding tert-OH is 2. The van der Waals surface area contributed by atoms with Gasteiger partial charge in [-0.3, -0.25) is 9.69 Å². The lowest BCUT2D eigenvalue weighted by Gasteiger charge is -2.14. The Morgan fingerprint density at radius 3 is 2.63 bits per heavy atom. The Morgan fingerprint density at radius 1 is 1.42 bits per heavy atom. The zero-order valence-electron chi connectivity index (χ0n) is 10.0. The van der Waals surface area contributed by atoms with Gasteiger partial charge in [-0.2, -0.15) is 0 Å². The minimum absolute atomic E-state index is 0.0177. The van der Waals surface area contributed by atoms with Crippen molar-refractivity contribution >= 4 is 23.2 Å². The Labute approximate surface area is 114 Å². The molecular formula is C12H14ClFN2O3. The number of amides is 1. The predicted molar refractivity (Wildman–Crippen MR) is 68.5 cm³/mol. The number of carbonyl (C=O) groups excluding carboxylic acids is 1. The summed E-state index contributed by atoms with van der Waals surface area (Å²) in [6, 6.07) is 3.97. The molecule has 1 aliphatic heterocycles. The molecule has 1 aliphatic rings. The lowest BCUT2D eigenvalue weighted by molar-refractivity contribution is -0.117. The molecule has 19 heavy (non-hydrogen) atoms. The summed E-state index contributed by atoms with van der Waals surface area (Å²) in [5, 5.41) is 21.4. The first-order chi connectivity index (χ1) is 8.95. The van der Waals surface area contributed by atoms with Crippen molar-refractivity contribution in [3.63, 3.8) is 0 Å². The average Bonchev–Trinajstić information content (AvgIpc) is 2.62. The maximum atomic E-state index is 13.5. The number of rotatable bonds is 3. The Bertz CT molecular complexity index is 476. The van der Waals surface area contributed by atoms with Crippen molar-refractivity contribution in [1.29, 1.82) is 0 Å². The second kappa shape index (κ2) is 5.83. The van der Waals surface area contributed by atoms with E-state index in [9.17, 15) is 19.4 Å². The fourth-order valence-corrected chi connectivity index (χ4v) is 2.12. The van der Waals surface area contributed by atoms with E-state index in [0.29, 0.717) is 0 Å². The molecule has 0 saturated carbocycles. The molecule has 1 saturated heterocycles. The summed E-state index contributed by atoms with van der Waals surface area (Å²) in [5.74, 6) is -1.02. The Kier molecular flexibility index (Phi) is 4.36. The summed E-state index contributed by atoms with van der Waals surface area (Å²) >= 11 is 5.61. The van der Waals surface area contributed by atoms with E-state index in [1.807, 2.05) is 0 Å². The quantitative estimate of drug-likeness (QED) is 0.755. The van der Waals surface area contributed by atoms with E-state index < -0.39 is 23.9 Å². The van der Waals surface area contributed by atoms with Crippen molar-refractivity contribution in [2.24, 2.45) is 0 Å². The van der Waals surface area contributed by atoms with Crippen molar-refractivity contribution < 1.29 is 19.4 Å². The summed E-state index contributed by atoms with van der Waals surface area (Å²) in [7, 11) is 0. The van der Waals surface area contributed by atoms with Gasteiger partial charge in [0.25, 0.3) is 0 Å². The lowest BCUT2D eigenvalue weighted by atomic mass is 10.3. The van der Waals surface area contributed by atoms with Crippen LogP contribution in [0.1, 0.15) is 0 Å². The Morgan fingerprint density at radius 2 is 2.05 bits per heavy atom. The van der Waals surface area contributed by atoms with Crippen LogP contribution >= 0.6 is 11.6 Å². The third-order valence-electron chi connectivity index (χ3n) is 2.91. The molecule has 2 unspecified atom stereocenters. The van der Waals surface area contributed by atoms with Gasteiger partial charge in [-0.15, -0.1) is 0 Å². The molecule has 0 spiro atoms. The Balaban J connectivity index is 1.91.